The van der Waals surface area contributed by atoms with E-state index in [-0.39, 0.29) is 5.01 Å². The SMILES string of the molecule is CC(=O)N(N=O)[C@](S)(C(=O)O)C(C)(C)S. The Morgan fingerprint density at radius 2 is 1.73 bits per heavy atom. The zero-order valence-electron chi connectivity index (χ0n) is 8.46. The second-order valence-electron chi connectivity index (χ2n) is 3.45. The van der Waals surface area contributed by atoms with Crippen LogP contribution in [0.3, 0.4) is 0 Å². The van der Waals surface area contributed by atoms with E-state index in [0.29, 0.717) is 0 Å². The van der Waals surface area contributed by atoms with Gasteiger partial charge in [0.15, 0.2) is 0 Å². The van der Waals surface area contributed by atoms with Gasteiger partial charge in [0.05, 0.1) is 10.0 Å². The monoisotopic (exact) mass is 252 g/mol. The maximum atomic E-state index is 11.1. The molecule has 0 fully saturated rings. The Hall–Kier alpha value is -0.760. The second-order valence-corrected chi connectivity index (χ2v) is 5.21. The highest BCUT2D eigenvalue weighted by atomic mass is 32.1. The van der Waals surface area contributed by atoms with Crippen LogP contribution in [-0.2, 0) is 9.59 Å². The van der Waals surface area contributed by atoms with E-state index in [9.17, 15) is 14.5 Å². The molecule has 1 atom stereocenters. The zero-order valence-corrected chi connectivity index (χ0v) is 10.2. The fourth-order valence-electron chi connectivity index (χ4n) is 0.956. The van der Waals surface area contributed by atoms with Crippen molar-refractivity contribution in [2.75, 3.05) is 0 Å². The molecule has 0 aromatic heterocycles. The number of aliphatic carboxylic acids is 1. The summed E-state index contributed by atoms with van der Waals surface area (Å²) in [6.45, 7) is 3.85. The van der Waals surface area contributed by atoms with Gasteiger partial charge in [0.2, 0.25) is 10.8 Å². The minimum absolute atomic E-state index is 0.255. The lowest BCUT2D eigenvalue weighted by atomic mass is 10.0. The molecule has 8 heteroatoms. The van der Waals surface area contributed by atoms with Crippen LogP contribution in [0.2, 0.25) is 0 Å². The molecule has 15 heavy (non-hydrogen) atoms. The van der Waals surface area contributed by atoms with Gasteiger partial charge in [-0.05, 0) is 13.8 Å². The van der Waals surface area contributed by atoms with E-state index in [0.717, 1.165) is 6.92 Å². The normalized spacial score (nSPS) is 15.3. The van der Waals surface area contributed by atoms with Crippen LogP contribution < -0.4 is 0 Å². The topological polar surface area (TPSA) is 87.0 Å². The van der Waals surface area contributed by atoms with Crippen LogP contribution >= 0.6 is 25.3 Å². The first kappa shape index (κ1) is 14.2. The third kappa shape index (κ3) is 2.43. The number of carboxylic acids is 1. The summed E-state index contributed by atoms with van der Waals surface area (Å²) in [5, 5.41) is 11.6. The third-order valence-electron chi connectivity index (χ3n) is 1.84. The molecule has 6 nitrogen and oxygen atoms in total. The number of amides is 1. The average Bonchev–Trinajstić information content (AvgIpc) is 2.01. The molecule has 0 aliphatic carbocycles. The van der Waals surface area contributed by atoms with Crippen molar-refractivity contribution in [2.24, 2.45) is 5.29 Å². The van der Waals surface area contributed by atoms with Crippen LogP contribution in [0.15, 0.2) is 5.29 Å². The largest absolute Gasteiger partial charge is 0.479 e. The maximum absolute atomic E-state index is 11.1. The fourth-order valence-corrected chi connectivity index (χ4v) is 1.32. The molecule has 0 rings (SSSR count). The van der Waals surface area contributed by atoms with Crippen LogP contribution in [-0.4, -0.2) is 31.6 Å². The molecule has 0 saturated heterocycles. The molecule has 0 spiro atoms. The maximum Gasteiger partial charge on any atom is 0.343 e. The van der Waals surface area contributed by atoms with Crippen LogP contribution in [0.25, 0.3) is 0 Å². The van der Waals surface area contributed by atoms with Gasteiger partial charge in [-0.25, -0.2) is 4.79 Å². The molecule has 0 aliphatic rings. The van der Waals surface area contributed by atoms with Crippen LogP contribution in [0.5, 0.6) is 0 Å². The van der Waals surface area contributed by atoms with Crippen molar-refractivity contribution in [1.29, 1.82) is 0 Å². The Morgan fingerprint density at radius 3 is 1.80 bits per heavy atom. The fraction of sp³-hybridized carbons (Fsp3) is 0.714. The summed E-state index contributed by atoms with van der Waals surface area (Å²) in [5.74, 6) is -2.29. The first-order chi connectivity index (χ1) is 6.59. The van der Waals surface area contributed by atoms with Gasteiger partial charge < -0.3 is 5.11 Å². The molecular weight excluding hydrogens is 240 g/mol. The smallest absolute Gasteiger partial charge is 0.343 e. The molecule has 0 aliphatic heterocycles. The standard InChI is InChI=1S/C7H12N2O4S2/c1-4(10)9(8-13)7(15,5(11)12)6(2,3)14/h14-15H,1-3H3,(H,11,12)/t7-/m0/s1. The summed E-state index contributed by atoms with van der Waals surface area (Å²) < 4.78 is -1.25. The number of rotatable bonds is 4. The number of thiol groups is 2. The van der Waals surface area contributed by atoms with Gasteiger partial charge in [0, 0.05) is 6.92 Å². The van der Waals surface area contributed by atoms with Gasteiger partial charge in [0.1, 0.15) is 0 Å². The number of carboxylic acid groups (broad SMARTS) is 1. The van der Waals surface area contributed by atoms with E-state index in [4.69, 9.17) is 5.11 Å². The van der Waals surface area contributed by atoms with E-state index in [1.165, 1.54) is 13.8 Å². The van der Waals surface area contributed by atoms with Crippen LogP contribution in [0.1, 0.15) is 20.8 Å². The van der Waals surface area contributed by atoms with Crippen molar-refractivity contribution in [1.82, 2.24) is 5.01 Å². The number of hydrogen-bond acceptors (Lipinski definition) is 6. The minimum Gasteiger partial charge on any atom is -0.479 e. The van der Waals surface area contributed by atoms with Crippen LogP contribution in [0.4, 0.5) is 0 Å². The molecule has 0 aromatic rings. The van der Waals surface area contributed by atoms with Gasteiger partial charge in [-0.3, -0.25) is 4.79 Å². The number of carbonyl (C=O) groups is 2. The molecule has 0 aromatic carbocycles. The second kappa shape index (κ2) is 4.40. The highest BCUT2D eigenvalue weighted by Gasteiger charge is 2.54. The van der Waals surface area contributed by atoms with E-state index in [1.54, 1.807) is 0 Å². The summed E-state index contributed by atoms with van der Waals surface area (Å²) in [4.78, 5) is 30.5. The van der Waals surface area contributed by atoms with Crippen molar-refractivity contribution in [3.05, 3.63) is 4.91 Å². The summed E-state index contributed by atoms with van der Waals surface area (Å²) in [7, 11) is 0. The predicted molar refractivity (Wildman–Crippen MR) is 60.7 cm³/mol. The first-order valence-electron chi connectivity index (χ1n) is 3.91. The van der Waals surface area contributed by atoms with Crippen molar-refractivity contribution in [3.8, 4) is 0 Å². The Balaban J connectivity index is 5.58. The minimum atomic E-state index is -2.09. The van der Waals surface area contributed by atoms with E-state index in [2.05, 4.69) is 30.5 Å². The molecule has 0 bridgehead atoms. The quantitative estimate of drug-likeness (QED) is 0.301. The van der Waals surface area contributed by atoms with E-state index >= 15 is 0 Å². The summed E-state index contributed by atoms with van der Waals surface area (Å²) in [6, 6.07) is 0. The Morgan fingerprint density at radius 1 is 1.33 bits per heavy atom. The first-order valence-corrected chi connectivity index (χ1v) is 4.80. The predicted octanol–water partition coefficient (Wildman–Crippen LogP) is 0.935. The number of carbonyl (C=O) groups excluding carboxylic acids is 1. The highest BCUT2D eigenvalue weighted by molar-refractivity contribution is 7.87. The van der Waals surface area contributed by atoms with E-state index < -0.39 is 21.5 Å². The Kier molecular flexibility index (Phi) is 4.17. The lowest BCUT2D eigenvalue weighted by Crippen LogP contribution is -2.60. The van der Waals surface area contributed by atoms with Gasteiger partial charge in [0.25, 0.3) is 0 Å². The molecule has 1 amide bonds. The van der Waals surface area contributed by atoms with Gasteiger partial charge in [-0.15, -0.1) is 17.5 Å². The van der Waals surface area contributed by atoms with Gasteiger partial charge >= 0.3 is 5.97 Å². The average molecular weight is 252 g/mol. The molecule has 0 unspecified atom stereocenters. The van der Waals surface area contributed by atoms with Crippen molar-refractivity contribution in [3.63, 3.8) is 0 Å². The molecular formula is C7H12N2O4S2. The molecule has 1 N–H and O–H groups in total. The number of nitroso groups, excluding NO2 is 1. The lowest BCUT2D eigenvalue weighted by Gasteiger charge is -2.39. The third-order valence-corrected chi connectivity index (χ3v) is 3.28. The Labute approximate surface area is 97.8 Å². The van der Waals surface area contributed by atoms with Crippen molar-refractivity contribution >= 4 is 37.1 Å². The summed E-state index contributed by atoms with van der Waals surface area (Å²) >= 11 is 7.86. The zero-order chi connectivity index (χ0) is 12.4. The van der Waals surface area contributed by atoms with Crippen LogP contribution in [0, 0.1) is 4.91 Å². The van der Waals surface area contributed by atoms with Crippen molar-refractivity contribution in [2.45, 2.75) is 30.4 Å². The molecule has 0 saturated carbocycles. The molecule has 0 radical (unpaired) electrons. The lowest BCUT2D eigenvalue weighted by molar-refractivity contribution is -0.153. The summed E-state index contributed by atoms with van der Waals surface area (Å²) in [5.41, 5.74) is 0. The van der Waals surface area contributed by atoms with Crippen molar-refractivity contribution < 1.29 is 14.7 Å². The van der Waals surface area contributed by atoms with Gasteiger partial charge in [-0.2, -0.15) is 17.6 Å². The highest BCUT2D eigenvalue weighted by Crippen LogP contribution is 2.38. The number of nitrogens with zero attached hydrogens (tertiary/aromatic N) is 2. The number of hydrogen-bond donors (Lipinski definition) is 3. The van der Waals surface area contributed by atoms with Gasteiger partial charge in [-0.1, -0.05) is 0 Å². The summed E-state index contributed by atoms with van der Waals surface area (Å²) in [6.07, 6.45) is 0. The molecule has 86 valence electrons. The Bertz CT molecular complexity index is 302. The molecule has 0 heterocycles. The van der Waals surface area contributed by atoms with E-state index in [1.807, 2.05) is 0 Å².